The molecule has 2 heterocycles. The molecule has 3 aromatic rings. The van der Waals surface area contributed by atoms with Gasteiger partial charge in [0, 0.05) is 28.2 Å². The summed E-state index contributed by atoms with van der Waals surface area (Å²) in [6.07, 6.45) is -4.17. The van der Waals surface area contributed by atoms with Crippen LogP contribution in [0.1, 0.15) is 28.3 Å². The molecule has 3 nitrogen and oxygen atoms in total. The minimum Gasteiger partial charge on any atom is -0.497 e. The number of rotatable bonds is 3. The maximum absolute atomic E-state index is 12.8. The molecule has 1 N–H and O–H groups in total. The van der Waals surface area contributed by atoms with Gasteiger partial charge in [0.05, 0.1) is 18.4 Å². The number of halogens is 3. The van der Waals surface area contributed by atoms with Crippen molar-refractivity contribution in [2.45, 2.75) is 18.5 Å². The van der Waals surface area contributed by atoms with Crippen molar-refractivity contribution in [2.24, 2.45) is 0 Å². The summed E-state index contributed by atoms with van der Waals surface area (Å²) in [5, 5.41) is 4.90. The van der Waals surface area contributed by atoms with Crippen molar-refractivity contribution in [1.29, 1.82) is 0 Å². The number of nitrogens with one attached hydrogen (secondary N) is 1. The van der Waals surface area contributed by atoms with Crippen molar-refractivity contribution in [3.05, 3.63) is 69.9 Å². The average molecular weight is 403 g/mol. The highest BCUT2D eigenvalue weighted by molar-refractivity contribution is 7.11. The van der Waals surface area contributed by atoms with Gasteiger partial charge in [-0.3, -0.25) is 4.79 Å². The first kappa shape index (κ1) is 18.6. The Hall–Kier alpha value is -2.80. The van der Waals surface area contributed by atoms with Gasteiger partial charge >= 0.3 is 6.18 Å². The van der Waals surface area contributed by atoms with Crippen LogP contribution in [-0.2, 0) is 11.0 Å². The van der Waals surface area contributed by atoms with Crippen LogP contribution < -0.4 is 10.1 Å². The summed E-state index contributed by atoms with van der Waals surface area (Å²) in [5.74, 6) is 0.327. The second-order valence-electron chi connectivity index (χ2n) is 6.54. The second-order valence-corrected chi connectivity index (χ2v) is 7.45. The third-order valence-electron chi connectivity index (χ3n) is 4.83. The Bertz CT molecular complexity index is 1010. The smallest absolute Gasteiger partial charge is 0.416 e. The highest BCUT2D eigenvalue weighted by Gasteiger charge is 2.33. The number of hydrogen-bond donors (Lipinski definition) is 1. The van der Waals surface area contributed by atoms with Crippen molar-refractivity contribution in [3.8, 4) is 16.9 Å². The molecule has 0 radical (unpaired) electrons. The number of hydrogen-bond acceptors (Lipinski definition) is 3. The number of fused-ring (bicyclic) bond motifs is 1. The number of alkyl halides is 3. The summed E-state index contributed by atoms with van der Waals surface area (Å²) in [6.45, 7) is 0. The lowest BCUT2D eigenvalue weighted by Crippen LogP contribution is -2.22. The zero-order valence-corrected chi connectivity index (χ0v) is 15.7. The van der Waals surface area contributed by atoms with Crippen LogP contribution in [0, 0.1) is 0 Å². The molecule has 1 aromatic heterocycles. The van der Waals surface area contributed by atoms with Gasteiger partial charge in [-0.1, -0.05) is 24.3 Å². The van der Waals surface area contributed by atoms with Gasteiger partial charge < -0.3 is 10.1 Å². The van der Waals surface area contributed by atoms with Crippen molar-refractivity contribution in [3.63, 3.8) is 0 Å². The number of amides is 1. The molecule has 0 aliphatic carbocycles. The Balaban J connectivity index is 1.72. The average Bonchev–Trinajstić information content (AvgIpc) is 3.10. The highest BCUT2D eigenvalue weighted by Crippen LogP contribution is 2.47. The van der Waals surface area contributed by atoms with E-state index >= 15 is 0 Å². The SMILES string of the molecule is COc1ccc(-c2csc3c2NC(=O)CC3c2ccc(C(F)(F)F)cc2)cc1. The van der Waals surface area contributed by atoms with Crippen molar-refractivity contribution >= 4 is 22.9 Å². The summed E-state index contributed by atoms with van der Waals surface area (Å²) < 4.78 is 43.7. The van der Waals surface area contributed by atoms with Gasteiger partial charge in [0.1, 0.15) is 5.75 Å². The van der Waals surface area contributed by atoms with Gasteiger partial charge in [0.25, 0.3) is 0 Å². The normalized spacial score (nSPS) is 16.4. The third kappa shape index (κ3) is 3.38. The second kappa shape index (κ2) is 6.98. The summed E-state index contributed by atoms with van der Waals surface area (Å²) in [5.41, 5.74) is 2.57. The van der Waals surface area contributed by atoms with Crippen LogP contribution in [0.5, 0.6) is 5.75 Å². The van der Waals surface area contributed by atoms with Gasteiger partial charge in [-0.2, -0.15) is 13.2 Å². The molecule has 0 saturated heterocycles. The zero-order chi connectivity index (χ0) is 19.9. The topological polar surface area (TPSA) is 38.3 Å². The van der Waals surface area contributed by atoms with E-state index in [1.165, 1.54) is 23.5 Å². The largest absolute Gasteiger partial charge is 0.497 e. The van der Waals surface area contributed by atoms with Crippen molar-refractivity contribution in [1.82, 2.24) is 0 Å². The van der Waals surface area contributed by atoms with Crippen LogP contribution in [0.4, 0.5) is 18.9 Å². The first-order valence-electron chi connectivity index (χ1n) is 8.59. The first-order valence-corrected chi connectivity index (χ1v) is 9.47. The van der Waals surface area contributed by atoms with Crippen molar-refractivity contribution in [2.75, 3.05) is 12.4 Å². The number of methoxy groups -OCH3 is 1. The predicted molar refractivity (Wildman–Crippen MR) is 103 cm³/mol. The molecule has 1 aliphatic rings. The minimum absolute atomic E-state index is 0.148. The number of carbonyl (C=O) groups is 1. The zero-order valence-electron chi connectivity index (χ0n) is 14.8. The molecule has 7 heteroatoms. The first-order chi connectivity index (χ1) is 13.4. The molecule has 1 unspecified atom stereocenters. The Morgan fingerprint density at radius 3 is 2.36 bits per heavy atom. The van der Waals surface area contributed by atoms with E-state index in [0.29, 0.717) is 5.56 Å². The maximum Gasteiger partial charge on any atom is 0.416 e. The van der Waals surface area contributed by atoms with E-state index < -0.39 is 11.7 Å². The number of carbonyl (C=O) groups excluding carboxylic acids is 1. The van der Waals surface area contributed by atoms with Crippen LogP contribution in [0.25, 0.3) is 11.1 Å². The molecule has 1 atom stereocenters. The van der Waals surface area contributed by atoms with E-state index in [1.807, 2.05) is 29.6 Å². The molecule has 28 heavy (non-hydrogen) atoms. The molecule has 1 amide bonds. The van der Waals surface area contributed by atoms with Crippen LogP contribution in [0.15, 0.2) is 53.9 Å². The van der Waals surface area contributed by atoms with E-state index in [0.717, 1.165) is 39.6 Å². The number of thiophene rings is 1. The van der Waals surface area contributed by atoms with Gasteiger partial charge in [0.15, 0.2) is 0 Å². The quantitative estimate of drug-likeness (QED) is 0.590. The summed E-state index contributed by atoms with van der Waals surface area (Å²) >= 11 is 1.50. The monoisotopic (exact) mass is 403 g/mol. The van der Waals surface area contributed by atoms with Crippen LogP contribution in [0.2, 0.25) is 0 Å². The Labute approximate surface area is 163 Å². The molecule has 0 saturated carbocycles. The van der Waals surface area contributed by atoms with Crippen molar-refractivity contribution < 1.29 is 22.7 Å². The van der Waals surface area contributed by atoms with E-state index in [4.69, 9.17) is 4.74 Å². The number of benzene rings is 2. The standard InChI is InChI=1S/C21H16F3NO2S/c1-27-15-8-4-13(5-9-15)17-11-28-20-16(10-18(26)25-19(17)20)12-2-6-14(7-3-12)21(22,23)24/h2-9,11,16H,10H2,1H3,(H,25,26). The lowest BCUT2D eigenvalue weighted by molar-refractivity contribution is -0.137. The Morgan fingerprint density at radius 1 is 1.07 bits per heavy atom. The molecule has 4 rings (SSSR count). The van der Waals surface area contributed by atoms with Crippen LogP contribution >= 0.6 is 11.3 Å². The summed E-state index contributed by atoms with van der Waals surface area (Å²) in [6, 6.07) is 12.6. The fourth-order valence-corrected chi connectivity index (χ4v) is 4.54. The Morgan fingerprint density at radius 2 is 1.75 bits per heavy atom. The number of ether oxygens (including phenoxy) is 1. The molecule has 0 spiro atoms. The molecular formula is C21H16F3NO2S. The lowest BCUT2D eigenvalue weighted by atomic mass is 9.88. The van der Waals surface area contributed by atoms with E-state index in [9.17, 15) is 18.0 Å². The number of anilines is 1. The van der Waals surface area contributed by atoms with E-state index in [-0.39, 0.29) is 18.2 Å². The van der Waals surface area contributed by atoms with E-state index in [1.54, 1.807) is 7.11 Å². The summed E-state index contributed by atoms with van der Waals surface area (Å²) in [4.78, 5) is 13.3. The fourth-order valence-electron chi connectivity index (χ4n) is 3.38. The summed E-state index contributed by atoms with van der Waals surface area (Å²) in [7, 11) is 1.59. The fraction of sp³-hybridized carbons (Fsp3) is 0.190. The highest BCUT2D eigenvalue weighted by atomic mass is 32.1. The molecule has 0 fully saturated rings. The van der Waals surface area contributed by atoms with Gasteiger partial charge in [-0.05, 0) is 35.4 Å². The molecule has 144 valence electrons. The molecule has 0 bridgehead atoms. The van der Waals surface area contributed by atoms with E-state index in [2.05, 4.69) is 5.32 Å². The third-order valence-corrected chi connectivity index (χ3v) is 5.93. The minimum atomic E-state index is -4.38. The van der Waals surface area contributed by atoms with Gasteiger partial charge in [-0.15, -0.1) is 11.3 Å². The van der Waals surface area contributed by atoms with Gasteiger partial charge in [-0.25, -0.2) is 0 Å². The predicted octanol–water partition coefficient (Wildman–Crippen LogP) is 5.92. The van der Waals surface area contributed by atoms with Crippen LogP contribution in [0.3, 0.4) is 0 Å². The molecular weight excluding hydrogens is 387 g/mol. The van der Waals surface area contributed by atoms with Crippen LogP contribution in [-0.4, -0.2) is 13.0 Å². The molecule has 2 aromatic carbocycles. The molecule has 1 aliphatic heterocycles. The Kier molecular flexibility index (Phi) is 4.63. The lowest BCUT2D eigenvalue weighted by Gasteiger charge is -2.24. The van der Waals surface area contributed by atoms with Gasteiger partial charge in [0.2, 0.25) is 5.91 Å². The maximum atomic E-state index is 12.8.